The second-order valence-corrected chi connectivity index (χ2v) is 6.35. The van der Waals surface area contributed by atoms with Gasteiger partial charge in [0.15, 0.2) is 12.4 Å². The van der Waals surface area contributed by atoms with Crippen LogP contribution in [0.3, 0.4) is 0 Å². The second-order valence-electron chi connectivity index (χ2n) is 6.35. The van der Waals surface area contributed by atoms with Crippen LogP contribution >= 0.6 is 0 Å². The number of rotatable bonds is 13. The Morgan fingerprint density at radius 2 is 1.28 bits per heavy atom. The lowest BCUT2D eigenvalue weighted by atomic mass is 9.98. The molecule has 7 heteroatoms. The van der Waals surface area contributed by atoms with Crippen molar-refractivity contribution in [1.29, 1.82) is 0 Å². The van der Waals surface area contributed by atoms with Gasteiger partial charge in [0.2, 0.25) is 0 Å². The maximum absolute atomic E-state index is 11.6. The van der Waals surface area contributed by atoms with Crippen LogP contribution < -0.4 is 0 Å². The maximum atomic E-state index is 11.6. The molecule has 0 spiro atoms. The molecule has 0 radical (unpaired) electrons. The number of aliphatic hydroxyl groups is 1. The molecule has 0 saturated carbocycles. The smallest absolute Gasteiger partial charge is 0.335 e. The van der Waals surface area contributed by atoms with E-state index in [9.17, 15) is 15.0 Å². The standard InChI is InChI=1S/C18H34O7/c1-4-7-10-22-13-14(23-11-8-5-2)16(24-12-9-6-3)18(21)25-15(13)17(19)20/h13-16,18,21H,4-12H2,1-3H3,(H,19,20)/t13-,14?,15?,16?,18+/m0/s1. The molecule has 1 saturated heterocycles. The molecule has 0 aliphatic carbocycles. The fourth-order valence-corrected chi connectivity index (χ4v) is 2.67. The van der Waals surface area contributed by atoms with Crippen LogP contribution in [0.25, 0.3) is 0 Å². The number of carbonyl (C=O) groups is 1. The van der Waals surface area contributed by atoms with Gasteiger partial charge in [0.05, 0.1) is 0 Å². The Labute approximate surface area is 150 Å². The Morgan fingerprint density at radius 1 is 0.840 bits per heavy atom. The first-order valence-electron chi connectivity index (χ1n) is 9.47. The van der Waals surface area contributed by atoms with Crippen LogP contribution in [0.2, 0.25) is 0 Å². The minimum atomic E-state index is -1.35. The molecule has 0 aromatic heterocycles. The van der Waals surface area contributed by atoms with E-state index in [-0.39, 0.29) is 0 Å². The van der Waals surface area contributed by atoms with Gasteiger partial charge in [0.1, 0.15) is 18.3 Å². The highest BCUT2D eigenvalue weighted by atomic mass is 16.7. The van der Waals surface area contributed by atoms with Gasteiger partial charge in [-0.2, -0.15) is 0 Å². The molecule has 1 rings (SSSR count). The number of aliphatic hydroxyl groups excluding tert-OH is 1. The molecule has 1 heterocycles. The van der Waals surface area contributed by atoms with Crippen molar-refractivity contribution in [2.75, 3.05) is 19.8 Å². The van der Waals surface area contributed by atoms with E-state index >= 15 is 0 Å². The normalized spacial score (nSPS) is 29.7. The lowest BCUT2D eigenvalue weighted by Gasteiger charge is -2.43. The molecule has 1 aliphatic rings. The number of unbranched alkanes of at least 4 members (excludes halogenated alkanes) is 3. The molecule has 0 aromatic carbocycles. The molecule has 1 fully saturated rings. The fourth-order valence-electron chi connectivity index (χ4n) is 2.67. The van der Waals surface area contributed by atoms with E-state index in [2.05, 4.69) is 0 Å². The molecule has 148 valence electrons. The number of carboxylic acid groups (broad SMARTS) is 1. The number of carboxylic acids is 1. The third kappa shape index (κ3) is 7.19. The molecule has 25 heavy (non-hydrogen) atoms. The summed E-state index contributed by atoms with van der Waals surface area (Å²) in [6, 6.07) is 0. The summed E-state index contributed by atoms with van der Waals surface area (Å²) in [6.45, 7) is 7.46. The Bertz CT molecular complexity index is 363. The molecule has 1 aliphatic heterocycles. The third-order valence-electron chi connectivity index (χ3n) is 4.18. The van der Waals surface area contributed by atoms with Crippen molar-refractivity contribution in [2.45, 2.75) is 90.0 Å². The highest BCUT2D eigenvalue weighted by molar-refractivity contribution is 5.73. The van der Waals surface area contributed by atoms with Crippen molar-refractivity contribution < 1.29 is 34.0 Å². The van der Waals surface area contributed by atoms with Crippen LogP contribution in [-0.4, -0.2) is 66.7 Å². The Hall–Kier alpha value is -0.730. The summed E-state index contributed by atoms with van der Waals surface area (Å²) in [7, 11) is 0. The first-order chi connectivity index (χ1) is 12.1. The van der Waals surface area contributed by atoms with Crippen LogP contribution in [0, 0.1) is 0 Å². The van der Waals surface area contributed by atoms with E-state index in [4.69, 9.17) is 18.9 Å². The summed E-state index contributed by atoms with van der Waals surface area (Å²) in [4.78, 5) is 11.6. The molecule has 5 atom stereocenters. The van der Waals surface area contributed by atoms with Gasteiger partial charge in [-0.1, -0.05) is 40.0 Å². The monoisotopic (exact) mass is 362 g/mol. The van der Waals surface area contributed by atoms with Crippen molar-refractivity contribution in [3.8, 4) is 0 Å². The van der Waals surface area contributed by atoms with E-state index < -0.39 is 36.7 Å². The molecule has 0 aromatic rings. The Balaban J connectivity index is 2.90. The largest absolute Gasteiger partial charge is 0.479 e. The zero-order valence-corrected chi connectivity index (χ0v) is 15.7. The van der Waals surface area contributed by atoms with Gasteiger partial charge in [-0.15, -0.1) is 0 Å². The summed E-state index contributed by atoms with van der Waals surface area (Å²) >= 11 is 0. The van der Waals surface area contributed by atoms with E-state index in [1.54, 1.807) is 0 Å². The minimum absolute atomic E-state index is 0.416. The van der Waals surface area contributed by atoms with Crippen LogP contribution in [0.5, 0.6) is 0 Å². The predicted molar refractivity (Wildman–Crippen MR) is 92.5 cm³/mol. The maximum Gasteiger partial charge on any atom is 0.335 e. The quantitative estimate of drug-likeness (QED) is 0.486. The second kappa shape index (κ2) is 12.6. The zero-order valence-electron chi connectivity index (χ0n) is 15.7. The van der Waals surface area contributed by atoms with E-state index in [1.165, 1.54) is 0 Å². The lowest BCUT2D eigenvalue weighted by Crippen LogP contribution is -2.62. The van der Waals surface area contributed by atoms with Crippen molar-refractivity contribution in [3.05, 3.63) is 0 Å². The lowest BCUT2D eigenvalue weighted by molar-refractivity contribution is -0.303. The molecule has 3 unspecified atom stereocenters. The number of hydrogen-bond acceptors (Lipinski definition) is 6. The van der Waals surface area contributed by atoms with Gasteiger partial charge in [-0.25, -0.2) is 4.79 Å². The Kier molecular flexibility index (Phi) is 11.2. The van der Waals surface area contributed by atoms with E-state index in [0.29, 0.717) is 19.8 Å². The zero-order chi connectivity index (χ0) is 18.7. The van der Waals surface area contributed by atoms with Crippen LogP contribution in [0.4, 0.5) is 0 Å². The van der Waals surface area contributed by atoms with Crippen LogP contribution in [-0.2, 0) is 23.7 Å². The summed E-state index contributed by atoms with van der Waals surface area (Å²) in [5, 5.41) is 19.7. The van der Waals surface area contributed by atoms with E-state index in [0.717, 1.165) is 38.5 Å². The SMILES string of the molecule is CCCCOC1C(OCCCC)[C@H](O)OC(C(=O)O)[C@H]1OCCCC. The average Bonchev–Trinajstić information content (AvgIpc) is 2.58. The third-order valence-corrected chi connectivity index (χ3v) is 4.18. The number of ether oxygens (including phenoxy) is 4. The molecule has 2 N–H and O–H groups in total. The van der Waals surface area contributed by atoms with E-state index in [1.807, 2.05) is 20.8 Å². The van der Waals surface area contributed by atoms with Crippen molar-refractivity contribution in [3.63, 3.8) is 0 Å². The van der Waals surface area contributed by atoms with Gasteiger partial charge in [-0.05, 0) is 19.3 Å². The fraction of sp³-hybridized carbons (Fsp3) is 0.944. The van der Waals surface area contributed by atoms with Gasteiger partial charge in [0, 0.05) is 19.8 Å². The van der Waals surface area contributed by atoms with Crippen LogP contribution in [0.15, 0.2) is 0 Å². The molecule has 0 bridgehead atoms. The average molecular weight is 362 g/mol. The van der Waals surface area contributed by atoms with Crippen molar-refractivity contribution in [2.24, 2.45) is 0 Å². The highest BCUT2D eigenvalue weighted by Gasteiger charge is 2.50. The number of hydrogen-bond donors (Lipinski definition) is 2. The molecular formula is C18H34O7. The molecule has 0 amide bonds. The molecular weight excluding hydrogens is 328 g/mol. The van der Waals surface area contributed by atoms with Crippen LogP contribution in [0.1, 0.15) is 59.3 Å². The van der Waals surface area contributed by atoms with Crippen molar-refractivity contribution in [1.82, 2.24) is 0 Å². The predicted octanol–water partition coefficient (Wildman–Crippen LogP) is 2.34. The van der Waals surface area contributed by atoms with Gasteiger partial charge in [0.25, 0.3) is 0 Å². The van der Waals surface area contributed by atoms with Crippen molar-refractivity contribution >= 4 is 5.97 Å². The first-order valence-corrected chi connectivity index (χ1v) is 9.47. The minimum Gasteiger partial charge on any atom is -0.479 e. The van der Waals surface area contributed by atoms with Gasteiger partial charge >= 0.3 is 5.97 Å². The summed E-state index contributed by atoms with van der Waals surface area (Å²) in [6.07, 6.45) is 0.478. The molecule has 7 nitrogen and oxygen atoms in total. The summed E-state index contributed by atoms with van der Waals surface area (Å²) in [5.74, 6) is -1.17. The van der Waals surface area contributed by atoms with Gasteiger partial charge < -0.3 is 29.2 Å². The highest BCUT2D eigenvalue weighted by Crippen LogP contribution is 2.28. The summed E-state index contributed by atoms with van der Waals surface area (Å²) < 4.78 is 22.8. The van der Waals surface area contributed by atoms with Gasteiger partial charge in [-0.3, -0.25) is 0 Å². The summed E-state index contributed by atoms with van der Waals surface area (Å²) in [5.41, 5.74) is 0. The Morgan fingerprint density at radius 3 is 1.72 bits per heavy atom. The number of aliphatic carboxylic acids is 1. The first kappa shape index (κ1) is 22.3. The topological polar surface area (TPSA) is 94.5 Å².